The standard InChI is InChI=1S/C11H9BrN2O3/c1-6-3-4-7(8(12)5-6)9-13-10(17-14-9)11(15)16-2/h3-5H,1-2H3. The Hall–Kier alpha value is -1.69. The summed E-state index contributed by atoms with van der Waals surface area (Å²) in [5.41, 5.74) is 1.87. The second kappa shape index (κ2) is 4.67. The Morgan fingerprint density at radius 2 is 2.24 bits per heavy atom. The molecule has 0 saturated carbocycles. The highest BCUT2D eigenvalue weighted by molar-refractivity contribution is 9.10. The number of carbonyl (C=O) groups is 1. The minimum Gasteiger partial charge on any atom is -0.462 e. The monoisotopic (exact) mass is 296 g/mol. The first-order valence-corrected chi connectivity index (χ1v) is 5.59. The van der Waals surface area contributed by atoms with Crippen molar-refractivity contribution in [3.8, 4) is 11.4 Å². The number of halogens is 1. The van der Waals surface area contributed by atoms with E-state index in [0.717, 1.165) is 15.6 Å². The summed E-state index contributed by atoms with van der Waals surface area (Å²) in [5.74, 6) is -0.459. The zero-order valence-corrected chi connectivity index (χ0v) is 10.8. The molecule has 0 amide bonds. The van der Waals surface area contributed by atoms with Gasteiger partial charge in [-0.2, -0.15) is 4.98 Å². The normalized spacial score (nSPS) is 10.3. The van der Waals surface area contributed by atoms with Crippen molar-refractivity contribution in [2.75, 3.05) is 7.11 Å². The fourth-order valence-electron chi connectivity index (χ4n) is 1.30. The number of methoxy groups -OCH3 is 1. The Morgan fingerprint density at radius 1 is 1.47 bits per heavy atom. The lowest BCUT2D eigenvalue weighted by Gasteiger charge is -1.99. The second-order valence-corrected chi connectivity index (χ2v) is 4.25. The predicted molar refractivity (Wildman–Crippen MR) is 63.5 cm³/mol. The van der Waals surface area contributed by atoms with E-state index in [2.05, 4.69) is 30.8 Å². The molecule has 1 aromatic carbocycles. The van der Waals surface area contributed by atoms with Crippen LogP contribution in [0, 0.1) is 6.92 Å². The molecule has 0 aliphatic carbocycles. The third kappa shape index (κ3) is 2.36. The SMILES string of the molecule is COC(=O)c1nc(-c2ccc(C)cc2Br)no1. The summed E-state index contributed by atoms with van der Waals surface area (Å²) in [6, 6.07) is 5.71. The molecule has 2 aromatic rings. The molecule has 0 aliphatic heterocycles. The number of rotatable bonds is 2. The van der Waals surface area contributed by atoms with E-state index in [1.54, 1.807) is 0 Å². The van der Waals surface area contributed by atoms with Crippen LogP contribution in [-0.2, 0) is 4.74 Å². The van der Waals surface area contributed by atoms with Gasteiger partial charge in [0, 0.05) is 10.0 Å². The van der Waals surface area contributed by atoms with Crippen molar-refractivity contribution in [1.82, 2.24) is 10.1 Å². The Bertz CT molecular complexity index is 566. The zero-order chi connectivity index (χ0) is 12.4. The Balaban J connectivity index is 2.40. The van der Waals surface area contributed by atoms with Gasteiger partial charge in [-0.25, -0.2) is 4.79 Å². The topological polar surface area (TPSA) is 65.2 Å². The summed E-state index contributed by atoms with van der Waals surface area (Å²) in [6.45, 7) is 1.98. The minimum atomic E-state index is -0.646. The fourth-order valence-corrected chi connectivity index (χ4v) is 1.98. The minimum absolute atomic E-state index is 0.157. The fraction of sp³-hybridized carbons (Fsp3) is 0.182. The van der Waals surface area contributed by atoms with Crippen molar-refractivity contribution in [3.63, 3.8) is 0 Å². The summed E-state index contributed by atoms with van der Waals surface area (Å²) in [4.78, 5) is 15.1. The van der Waals surface area contributed by atoms with Crippen LogP contribution in [0.2, 0.25) is 0 Å². The van der Waals surface area contributed by atoms with Crippen LogP contribution < -0.4 is 0 Å². The maximum atomic E-state index is 11.2. The van der Waals surface area contributed by atoms with Crippen LogP contribution in [0.1, 0.15) is 16.2 Å². The molecule has 0 bridgehead atoms. The molecule has 88 valence electrons. The van der Waals surface area contributed by atoms with Crippen molar-refractivity contribution < 1.29 is 14.1 Å². The molecular weight excluding hydrogens is 288 g/mol. The summed E-state index contributed by atoms with van der Waals surface area (Å²) >= 11 is 3.41. The number of carbonyl (C=O) groups excluding carboxylic acids is 1. The van der Waals surface area contributed by atoms with Gasteiger partial charge in [-0.3, -0.25) is 0 Å². The molecule has 5 nitrogen and oxygen atoms in total. The van der Waals surface area contributed by atoms with Crippen LogP contribution in [0.4, 0.5) is 0 Å². The molecule has 0 radical (unpaired) electrons. The Labute approximate surface area is 106 Å². The predicted octanol–water partition coefficient (Wildman–Crippen LogP) is 2.59. The summed E-state index contributed by atoms with van der Waals surface area (Å²) in [5, 5.41) is 3.73. The highest BCUT2D eigenvalue weighted by Crippen LogP contribution is 2.26. The van der Waals surface area contributed by atoms with Crippen LogP contribution >= 0.6 is 15.9 Å². The molecule has 1 aromatic heterocycles. The number of aryl methyl sites for hydroxylation is 1. The van der Waals surface area contributed by atoms with Gasteiger partial charge < -0.3 is 9.26 Å². The maximum absolute atomic E-state index is 11.2. The first kappa shape index (κ1) is 11.8. The number of hydrogen-bond acceptors (Lipinski definition) is 5. The van der Waals surface area contributed by atoms with Gasteiger partial charge >= 0.3 is 11.9 Å². The number of esters is 1. The van der Waals surface area contributed by atoms with E-state index in [1.807, 2.05) is 25.1 Å². The van der Waals surface area contributed by atoms with E-state index >= 15 is 0 Å². The average Bonchev–Trinajstić information content (AvgIpc) is 2.77. The molecule has 0 saturated heterocycles. The molecule has 0 atom stereocenters. The van der Waals surface area contributed by atoms with Crippen molar-refractivity contribution >= 4 is 21.9 Å². The molecule has 0 aliphatic rings. The van der Waals surface area contributed by atoms with E-state index in [0.29, 0.717) is 5.82 Å². The maximum Gasteiger partial charge on any atom is 0.397 e. The van der Waals surface area contributed by atoms with Gasteiger partial charge in [0.2, 0.25) is 5.82 Å². The van der Waals surface area contributed by atoms with Gasteiger partial charge in [0.1, 0.15) is 0 Å². The summed E-state index contributed by atoms with van der Waals surface area (Å²) in [6.07, 6.45) is 0. The van der Waals surface area contributed by atoms with Crippen molar-refractivity contribution in [2.45, 2.75) is 6.92 Å². The number of nitrogens with zero attached hydrogens (tertiary/aromatic N) is 2. The lowest BCUT2D eigenvalue weighted by Crippen LogP contribution is -2.00. The molecule has 0 unspecified atom stereocenters. The number of aromatic nitrogens is 2. The smallest absolute Gasteiger partial charge is 0.397 e. The molecular formula is C11H9BrN2O3. The zero-order valence-electron chi connectivity index (χ0n) is 9.23. The van der Waals surface area contributed by atoms with Crippen molar-refractivity contribution in [1.29, 1.82) is 0 Å². The van der Waals surface area contributed by atoms with Crippen LogP contribution in [0.25, 0.3) is 11.4 Å². The van der Waals surface area contributed by atoms with Gasteiger partial charge in [0.25, 0.3) is 0 Å². The van der Waals surface area contributed by atoms with Gasteiger partial charge in [-0.1, -0.05) is 27.2 Å². The van der Waals surface area contributed by atoms with Crippen LogP contribution in [0.5, 0.6) is 0 Å². The number of benzene rings is 1. The third-order valence-electron chi connectivity index (χ3n) is 2.15. The lowest BCUT2D eigenvalue weighted by molar-refractivity contribution is 0.0545. The number of ether oxygens (including phenoxy) is 1. The molecule has 0 N–H and O–H groups in total. The highest BCUT2D eigenvalue weighted by atomic mass is 79.9. The molecule has 6 heteroatoms. The van der Waals surface area contributed by atoms with Crippen LogP contribution in [0.3, 0.4) is 0 Å². The second-order valence-electron chi connectivity index (χ2n) is 3.40. The van der Waals surface area contributed by atoms with E-state index < -0.39 is 5.97 Å². The molecule has 0 spiro atoms. The first-order chi connectivity index (χ1) is 8.11. The molecule has 1 heterocycles. The third-order valence-corrected chi connectivity index (χ3v) is 2.81. The molecule has 0 fully saturated rings. The Morgan fingerprint density at radius 3 is 2.88 bits per heavy atom. The average molecular weight is 297 g/mol. The van der Waals surface area contributed by atoms with Gasteiger partial charge in [-0.15, -0.1) is 0 Å². The largest absolute Gasteiger partial charge is 0.462 e. The van der Waals surface area contributed by atoms with Crippen LogP contribution in [0.15, 0.2) is 27.2 Å². The summed E-state index contributed by atoms with van der Waals surface area (Å²) < 4.78 is 10.1. The van der Waals surface area contributed by atoms with Crippen LogP contribution in [-0.4, -0.2) is 23.2 Å². The molecule has 2 rings (SSSR count). The van der Waals surface area contributed by atoms with Gasteiger partial charge in [0.05, 0.1) is 7.11 Å². The Kier molecular flexibility index (Phi) is 3.23. The first-order valence-electron chi connectivity index (χ1n) is 4.80. The van der Waals surface area contributed by atoms with Gasteiger partial charge in [0.15, 0.2) is 0 Å². The van der Waals surface area contributed by atoms with E-state index in [9.17, 15) is 4.79 Å². The lowest BCUT2D eigenvalue weighted by atomic mass is 10.1. The van der Waals surface area contributed by atoms with E-state index in [4.69, 9.17) is 4.52 Å². The van der Waals surface area contributed by atoms with E-state index in [-0.39, 0.29) is 5.89 Å². The summed E-state index contributed by atoms with van der Waals surface area (Å²) in [7, 11) is 1.26. The van der Waals surface area contributed by atoms with Gasteiger partial charge in [-0.05, 0) is 24.6 Å². The molecule has 17 heavy (non-hydrogen) atoms. The highest BCUT2D eigenvalue weighted by Gasteiger charge is 2.17. The van der Waals surface area contributed by atoms with E-state index in [1.165, 1.54) is 7.11 Å². The van der Waals surface area contributed by atoms with Crippen molar-refractivity contribution in [2.24, 2.45) is 0 Å². The quantitative estimate of drug-likeness (QED) is 0.797. The van der Waals surface area contributed by atoms with Crippen molar-refractivity contribution in [3.05, 3.63) is 34.1 Å². The number of hydrogen-bond donors (Lipinski definition) is 0.